The molecule has 1 aromatic rings. The zero-order valence-corrected chi connectivity index (χ0v) is 16.1. The lowest BCUT2D eigenvalue weighted by Gasteiger charge is -2.50. The first kappa shape index (κ1) is 18.5. The molecule has 1 saturated heterocycles. The average Bonchev–Trinajstić information content (AvgIpc) is 2.57. The lowest BCUT2D eigenvalue weighted by molar-refractivity contribution is 0.0149. The van der Waals surface area contributed by atoms with E-state index < -0.39 is 0 Å². The predicted molar refractivity (Wildman–Crippen MR) is 101 cm³/mol. The third-order valence-corrected chi connectivity index (χ3v) is 6.02. The molecule has 0 atom stereocenters. The molecule has 0 unspecified atom stereocenters. The van der Waals surface area contributed by atoms with Gasteiger partial charge in [0, 0.05) is 14.1 Å². The smallest absolute Gasteiger partial charge is 0.254 e. The minimum atomic E-state index is -0.0895. The summed E-state index contributed by atoms with van der Waals surface area (Å²) in [6.45, 7) is 3.11. The van der Waals surface area contributed by atoms with Crippen molar-refractivity contribution < 1.29 is 9.53 Å². The number of halogens is 1. The molecular formula is C20H29ClN2O2. The summed E-state index contributed by atoms with van der Waals surface area (Å²) in [5, 5.41) is 3.91. The highest BCUT2D eigenvalue weighted by molar-refractivity contribution is 6.34. The molecule has 2 aliphatic rings. The molecule has 1 amide bonds. The van der Waals surface area contributed by atoms with Crippen LogP contribution in [0.1, 0.15) is 48.9 Å². The van der Waals surface area contributed by atoms with E-state index in [0.29, 0.717) is 22.6 Å². The fourth-order valence-electron chi connectivity index (χ4n) is 4.30. The number of ether oxygens (including phenoxy) is 1. The van der Waals surface area contributed by atoms with Crippen molar-refractivity contribution in [3.8, 4) is 5.75 Å². The number of rotatable bonds is 6. The Morgan fingerprint density at radius 2 is 2.04 bits per heavy atom. The van der Waals surface area contributed by atoms with Gasteiger partial charge in [0.15, 0.2) is 0 Å². The van der Waals surface area contributed by atoms with Crippen molar-refractivity contribution in [1.29, 1.82) is 0 Å². The van der Waals surface area contributed by atoms with Crippen LogP contribution in [0.4, 0.5) is 0 Å². The van der Waals surface area contributed by atoms with E-state index in [1.807, 2.05) is 6.07 Å². The molecule has 1 aliphatic heterocycles. The van der Waals surface area contributed by atoms with Crippen molar-refractivity contribution in [2.45, 2.75) is 38.5 Å². The molecule has 25 heavy (non-hydrogen) atoms. The molecule has 5 heteroatoms. The number of hydrogen-bond acceptors (Lipinski definition) is 3. The van der Waals surface area contributed by atoms with Crippen molar-refractivity contribution in [1.82, 2.24) is 10.2 Å². The number of carbonyl (C=O) groups is 1. The first-order valence-corrected chi connectivity index (χ1v) is 9.72. The van der Waals surface area contributed by atoms with Crippen LogP contribution in [0.5, 0.6) is 5.75 Å². The summed E-state index contributed by atoms with van der Waals surface area (Å²) in [6, 6.07) is 5.31. The molecule has 0 bridgehead atoms. The fourth-order valence-corrected chi connectivity index (χ4v) is 4.55. The molecular weight excluding hydrogens is 336 g/mol. The number of piperidine rings is 1. The third-order valence-electron chi connectivity index (χ3n) is 5.71. The number of amides is 1. The Morgan fingerprint density at radius 1 is 1.32 bits per heavy atom. The number of nitrogens with zero attached hydrogens (tertiary/aromatic N) is 1. The van der Waals surface area contributed by atoms with Gasteiger partial charge in [-0.2, -0.15) is 0 Å². The van der Waals surface area contributed by atoms with Crippen LogP contribution in [-0.2, 0) is 0 Å². The van der Waals surface area contributed by atoms with Crippen molar-refractivity contribution >= 4 is 17.5 Å². The molecule has 1 N–H and O–H groups in total. The monoisotopic (exact) mass is 364 g/mol. The molecule has 4 nitrogen and oxygen atoms in total. The van der Waals surface area contributed by atoms with Crippen LogP contribution in [0.25, 0.3) is 0 Å². The molecule has 1 aliphatic carbocycles. The Bertz CT molecular complexity index is 604. The van der Waals surface area contributed by atoms with Crippen LogP contribution in [0.2, 0.25) is 5.02 Å². The Hall–Kier alpha value is -1.26. The maximum atomic E-state index is 12.0. The molecule has 2 fully saturated rings. The van der Waals surface area contributed by atoms with Gasteiger partial charge >= 0.3 is 0 Å². The molecule has 1 saturated carbocycles. The molecule has 0 aromatic heterocycles. The summed E-state index contributed by atoms with van der Waals surface area (Å²) in [6.07, 6.45) is 7.85. The van der Waals surface area contributed by atoms with Crippen LogP contribution >= 0.6 is 11.6 Å². The van der Waals surface area contributed by atoms with Gasteiger partial charge in [0.1, 0.15) is 5.75 Å². The van der Waals surface area contributed by atoms with Gasteiger partial charge in [0.2, 0.25) is 0 Å². The third kappa shape index (κ3) is 4.48. The molecule has 0 radical (unpaired) electrons. The molecule has 1 spiro atoms. The number of nitrogens with one attached hydrogen (secondary N) is 1. The van der Waals surface area contributed by atoms with Gasteiger partial charge in [-0.1, -0.05) is 11.6 Å². The second kappa shape index (κ2) is 7.96. The summed E-state index contributed by atoms with van der Waals surface area (Å²) in [5.74, 6) is 1.53. The number of carbonyl (C=O) groups excluding carboxylic acids is 1. The highest BCUT2D eigenvalue weighted by Crippen LogP contribution is 2.53. The van der Waals surface area contributed by atoms with Gasteiger partial charge in [0.25, 0.3) is 5.91 Å². The maximum Gasteiger partial charge on any atom is 0.254 e. The largest absolute Gasteiger partial charge is 0.494 e. The van der Waals surface area contributed by atoms with E-state index in [-0.39, 0.29) is 5.91 Å². The normalized spacial score (nSPS) is 19.5. The zero-order valence-electron chi connectivity index (χ0n) is 15.3. The van der Waals surface area contributed by atoms with Crippen LogP contribution in [0.3, 0.4) is 0 Å². The maximum absolute atomic E-state index is 12.0. The topological polar surface area (TPSA) is 41.6 Å². The Balaban J connectivity index is 1.38. The summed E-state index contributed by atoms with van der Waals surface area (Å²) < 4.78 is 5.82. The van der Waals surface area contributed by atoms with Crippen molar-refractivity contribution in [3.63, 3.8) is 0 Å². The van der Waals surface area contributed by atoms with E-state index in [2.05, 4.69) is 5.32 Å². The quantitative estimate of drug-likeness (QED) is 0.776. The van der Waals surface area contributed by atoms with Gasteiger partial charge in [-0.25, -0.2) is 0 Å². The number of benzene rings is 1. The summed E-state index contributed by atoms with van der Waals surface area (Å²) in [7, 11) is 3.44. The van der Waals surface area contributed by atoms with Gasteiger partial charge in [-0.15, -0.1) is 0 Å². The van der Waals surface area contributed by atoms with E-state index >= 15 is 0 Å². The summed E-state index contributed by atoms with van der Waals surface area (Å²) in [5.41, 5.74) is 1.18. The SMILES string of the molecule is CN(C)C(=O)c1ccc(OCCCC2CC3(CCNCC3)C2)cc1Cl. The van der Waals surface area contributed by atoms with E-state index in [0.717, 1.165) is 18.1 Å². The van der Waals surface area contributed by atoms with Crippen molar-refractivity contribution in [3.05, 3.63) is 28.8 Å². The Morgan fingerprint density at radius 3 is 2.68 bits per heavy atom. The fraction of sp³-hybridized carbons (Fsp3) is 0.650. The first-order valence-electron chi connectivity index (χ1n) is 9.34. The lowest BCUT2D eigenvalue weighted by atomic mass is 9.57. The summed E-state index contributed by atoms with van der Waals surface area (Å²) >= 11 is 6.21. The van der Waals surface area contributed by atoms with Crippen LogP contribution in [0.15, 0.2) is 18.2 Å². The van der Waals surface area contributed by atoms with Gasteiger partial charge in [-0.3, -0.25) is 4.79 Å². The minimum Gasteiger partial charge on any atom is -0.494 e. The average molecular weight is 365 g/mol. The highest BCUT2D eigenvalue weighted by atomic mass is 35.5. The van der Waals surface area contributed by atoms with Crippen LogP contribution < -0.4 is 10.1 Å². The summed E-state index contributed by atoms with van der Waals surface area (Å²) in [4.78, 5) is 13.5. The number of hydrogen-bond donors (Lipinski definition) is 1. The molecule has 138 valence electrons. The van der Waals surface area contributed by atoms with Crippen LogP contribution in [-0.4, -0.2) is 44.6 Å². The minimum absolute atomic E-state index is 0.0895. The lowest BCUT2D eigenvalue weighted by Crippen LogP contribution is -2.45. The van der Waals surface area contributed by atoms with E-state index in [9.17, 15) is 4.79 Å². The van der Waals surface area contributed by atoms with E-state index in [4.69, 9.17) is 16.3 Å². The predicted octanol–water partition coefficient (Wildman–Crippen LogP) is 3.98. The van der Waals surface area contributed by atoms with E-state index in [1.165, 1.54) is 50.1 Å². The molecule has 1 heterocycles. The van der Waals surface area contributed by atoms with Crippen LogP contribution in [0, 0.1) is 11.3 Å². The first-order chi connectivity index (χ1) is 12.0. The van der Waals surface area contributed by atoms with Crippen molar-refractivity contribution in [2.24, 2.45) is 11.3 Å². The standard InChI is InChI=1S/C20H29ClN2O2/c1-23(2)19(24)17-6-5-16(12-18(17)21)25-11-3-4-15-13-20(14-15)7-9-22-10-8-20/h5-6,12,15,22H,3-4,7-11,13-14H2,1-2H3. The Labute approximate surface area is 155 Å². The van der Waals surface area contributed by atoms with E-state index in [1.54, 1.807) is 26.2 Å². The molecule has 1 aromatic carbocycles. The Kier molecular flexibility index (Phi) is 5.90. The zero-order chi connectivity index (χ0) is 17.9. The highest BCUT2D eigenvalue weighted by Gasteiger charge is 2.43. The van der Waals surface area contributed by atoms with Crippen molar-refractivity contribution in [2.75, 3.05) is 33.8 Å². The molecule has 3 rings (SSSR count). The second-order valence-corrected chi connectivity index (χ2v) is 8.26. The van der Waals surface area contributed by atoms with Gasteiger partial charge in [-0.05, 0) is 81.1 Å². The van der Waals surface area contributed by atoms with Gasteiger partial charge < -0.3 is 15.0 Å². The second-order valence-electron chi connectivity index (χ2n) is 7.86. The van der Waals surface area contributed by atoms with Gasteiger partial charge in [0.05, 0.1) is 17.2 Å².